The van der Waals surface area contributed by atoms with E-state index in [4.69, 9.17) is 4.74 Å². The van der Waals surface area contributed by atoms with Crippen molar-refractivity contribution in [3.8, 4) is 0 Å². The summed E-state index contributed by atoms with van der Waals surface area (Å²) in [4.78, 5) is 23.6. The molecule has 0 amide bonds. The van der Waals surface area contributed by atoms with E-state index in [-0.39, 0.29) is 17.7 Å². The molecule has 3 nitrogen and oxygen atoms in total. The highest BCUT2D eigenvalue weighted by Crippen LogP contribution is 2.34. The molecule has 0 aromatic heterocycles. The molecule has 1 unspecified atom stereocenters. The summed E-state index contributed by atoms with van der Waals surface area (Å²) in [5.74, 6) is -0.681. The van der Waals surface area contributed by atoms with Gasteiger partial charge in [0.2, 0.25) is 5.78 Å². The molecule has 0 N–H and O–H groups in total. The van der Waals surface area contributed by atoms with Crippen LogP contribution in [-0.2, 0) is 9.53 Å². The Balaban J connectivity index is 2.43. The summed E-state index contributed by atoms with van der Waals surface area (Å²) in [7, 11) is 0. The fourth-order valence-electron chi connectivity index (χ4n) is 2.03. The first-order chi connectivity index (χ1) is 8.56. The van der Waals surface area contributed by atoms with Gasteiger partial charge in [0.15, 0.2) is 0 Å². The second-order valence-electron chi connectivity index (χ2n) is 4.10. The molecule has 1 aliphatic carbocycles. The van der Waals surface area contributed by atoms with Crippen LogP contribution in [0.4, 0.5) is 0 Å². The second-order valence-corrected chi connectivity index (χ2v) is 4.96. The Kier molecular flexibility index (Phi) is 3.66. The van der Waals surface area contributed by atoms with E-state index in [2.05, 4.69) is 15.9 Å². The molecule has 1 aromatic carbocycles. The molecule has 1 aromatic rings. The molecule has 4 heteroatoms. The minimum atomic E-state index is -0.373. The first-order valence-electron chi connectivity index (χ1n) is 5.77. The Labute approximate surface area is 114 Å². The molecule has 0 heterocycles. The highest BCUT2D eigenvalue weighted by atomic mass is 79.9. The Morgan fingerprint density at radius 3 is 2.83 bits per heavy atom. The van der Waals surface area contributed by atoms with Gasteiger partial charge in [-0.05, 0) is 47.0 Å². The zero-order valence-corrected chi connectivity index (χ0v) is 11.8. The first kappa shape index (κ1) is 13.0. The molecule has 0 aliphatic heterocycles. The summed E-state index contributed by atoms with van der Waals surface area (Å²) >= 11 is 3.23. The largest absolute Gasteiger partial charge is 0.466 e. The molecule has 0 bridgehead atoms. The predicted octanol–water partition coefficient (Wildman–Crippen LogP) is 3.29. The topological polar surface area (TPSA) is 43.4 Å². The molecule has 0 saturated heterocycles. The van der Waals surface area contributed by atoms with Crippen molar-refractivity contribution in [2.45, 2.75) is 19.8 Å². The van der Waals surface area contributed by atoms with Gasteiger partial charge in [-0.2, -0.15) is 0 Å². The number of carbonyl (C=O) groups is 2. The maximum absolute atomic E-state index is 11.8. The third kappa shape index (κ3) is 2.12. The molecular formula is C14H13BrO3. The summed E-state index contributed by atoms with van der Waals surface area (Å²) in [6.45, 7) is 3.93. The monoisotopic (exact) mass is 308 g/mol. The lowest BCUT2D eigenvalue weighted by molar-refractivity contribution is -0.144. The number of hydrogen-bond acceptors (Lipinski definition) is 3. The fraction of sp³-hybridized carbons (Fsp3) is 0.286. The zero-order valence-electron chi connectivity index (χ0n) is 10.2. The Bertz CT molecular complexity index is 546. The molecule has 1 aliphatic rings. The van der Waals surface area contributed by atoms with Crippen molar-refractivity contribution in [3.63, 3.8) is 0 Å². The molecule has 18 heavy (non-hydrogen) atoms. The van der Waals surface area contributed by atoms with Gasteiger partial charge in [0.25, 0.3) is 0 Å². The van der Waals surface area contributed by atoms with Crippen LogP contribution in [-0.4, -0.2) is 18.4 Å². The molecule has 94 valence electrons. The Morgan fingerprint density at radius 2 is 2.17 bits per heavy atom. The van der Waals surface area contributed by atoms with Crippen LogP contribution in [0.3, 0.4) is 0 Å². The third-order valence-electron chi connectivity index (χ3n) is 2.98. The van der Waals surface area contributed by atoms with Gasteiger partial charge in [0, 0.05) is 5.56 Å². The number of hydrogen-bond donors (Lipinski definition) is 0. The summed E-state index contributed by atoms with van der Waals surface area (Å²) in [5.41, 5.74) is 2.28. The van der Waals surface area contributed by atoms with E-state index in [1.54, 1.807) is 32.1 Å². The predicted molar refractivity (Wildman–Crippen MR) is 72.7 cm³/mol. The van der Waals surface area contributed by atoms with Gasteiger partial charge in [-0.25, -0.2) is 0 Å². The lowest BCUT2D eigenvalue weighted by Gasteiger charge is -2.13. The van der Waals surface area contributed by atoms with Gasteiger partial charge < -0.3 is 4.74 Å². The van der Waals surface area contributed by atoms with E-state index in [0.717, 1.165) is 11.1 Å². The minimum absolute atomic E-state index is 0.0390. The minimum Gasteiger partial charge on any atom is -0.466 e. The summed E-state index contributed by atoms with van der Waals surface area (Å²) in [5, 5.41) is 0. The number of allylic oxidation sites excluding steroid dienone is 1. The van der Waals surface area contributed by atoms with E-state index in [9.17, 15) is 9.59 Å². The van der Waals surface area contributed by atoms with Crippen LogP contribution in [0, 0.1) is 0 Å². The Hall–Kier alpha value is -1.42. The van der Waals surface area contributed by atoms with Crippen molar-refractivity contribution < 1.29 is 14.3 Å². The van der Waals surface area contributed by atoms with Gasteiger partial charge in [0.05, 0.1) is 17.0 Å². The van der Waals surface area contributed by atoms with Crippen molar-refractivity contribution >= 4 is 33.8 Å². The number of fused-ring (bicyclic) bond motifs is 1. The average Bonchev–Trinajstić information content (AvgIpc) is 2.65. The van der Waals surface area contributed by atoms with Crippen LogP contribution < -0.4 is 0 Å². The van der Waals surface area contributed by atoms with Gasteiger partial charge in [-0.15, -0.1) is 0 Å². The smallest absolute Gasteiger partial charge is 0.313 e. The number of halogens is 1. The fourth-order valence-corrected chi connectivity index (χ4v) is 2.48. The highest BCUT2D eigenvalue weighted by molar-refractivity contribution is 9.12. The normalized spacial score (nSPS) is 15.1. The first-order valence-corrected chi connectivity index (χ1v) is 6.57. The number of benzene rings is 1. The van der Waals surface area contributed by atoms with Crippen LogP contribution >= 0.6 is 15.9 Å². The third-order valence-corrected chi connectivity index (χ3v) is 3.57. The Morgan fingerprint density at radius 1 is 1.44 bits per heavy atom. The lowest BCUT2D eigenvalue weighted by atomic mass is 9.93. The zero-order chi connectivity index (χ0) is 13.3. The molecule has 2 rings (SSSR count). The lowest BCUT2D eigenvalue weighted by Crippen LogP contribution is -2.14. The SMILES string of the molecule is CCOC(=O)C(C)c1cccc2c1C=C(Br)C2=O. The molecular weight excluding hydrogens is 296 g/mol. The second kappa shape index (κ2) is 5.06. The van der Waals surface area contributed by atoms with Crippen LogP contribution in [0.2, 0.25) is 0 Å². The average molecular weight is 309 g/mol. The maximum atomic E-state index is 11.8. The van der Waals surface area contributed by atoms with Crippen LogP contribution in [0.25, 0.3) is 6.08 Å². The van der Waals surface area contributed by atoms with Crippen LogP contribution in [0.1, 0.15) is 41.3 Å². The highest BCUT2D eigenvalue weighted by Gasteiger charge is 2.27. The van der Waals surface area contributed by atoms with Crippen molar-refractivity contribution in [3.05, 3.63) is 39.4 Å². The number of ether oxygens (including phenoxy) is 1. The van der Waals surface area contributed by atoms with Crippen molar-refractivity contribution in [2.75, 3.05) is 6.61 Å². The van der Waals surface area contributed by atoms with Gasteiger partial charge >= 0.3 is 5.97 Å². The number of ketones is 1. The molecule has 0 fully saturated rings. The van der Waals surface area contributed by atoms with E-state index >= 15 is 0 Å². The van der Waals surface area contributed by atoms with E-state index in [1.165, 1.54) is 0 Å². The maximum Gasteiger partial charge on any atom is 0.313 e. The summed E-state index contributed by atoms with van der Waals surface area (Å²) in [6, 6.07) is 5.42. The molecule has 0 saturated carbocycles. The van der Waals surface area contributed by atoms with Gasteiger partial charge in [-0.3, -0.25) is 9.59 Å². The van der Waals surface area contributed by atoms with Crippen LogP contribution in [0.15, 0.2) is 22.7 Å². The summed E-state index contributed by atoms with van der Waals surface area (Å²) in [6.07, 6.45) is 1.77. The van der Waals surface area contributed by atoms with Crippen LogP contribution in [0.5, 0.6) is 0 Å². The van der Waals surface area contributed by atoms with Crippen molar-refractivity contribution in [1.29, 1.82) is 0 Å². The van der Waals surface area contributed by atoms with Crippen molar-refractivity contribution in [2.24, 2.45) is 0 Å². The molecule has 0 radical (unpaired) electrons. The van der Waals surface area contributed by atoms with Gasteiger partial charge in [0.1, 0.15) is 0 Å². The standard InChI is InChI=1S/C14H13BrO3/c1-3-18-14(17)8(2)9-5-4-6-10-11(9)7-12(15)13(10)16/h4-8H,3H2,1-2H3. The number of Topliss-reactive ketones (excluding diaryl/α,β-unsaturated/α-hetero) is 1. The molecule has 1 atom stereocenters. The number of carbonyl (C=O) groups excluding carboxylic acids is 2. The van der Waals surface area contributed by atoms with E-state index in [0.29, 0.717) is 16.7 Å². The van der Waals surface area contributed by atoms with E-state index in [1.807, 2.05) is 6.07 Å². The number of rotatable bonds is 3. The summed E-state index contributed by atoms with van der Waals surface area (Å²) < 4.78 is 5.54. The van der Waals surface area contributed by atoms with E-state index < -0.39 is 0 Å². The number of esters is 1. The van der Waals surface area contributed by atoms with Crippen molar-refractivity contribution in [1.82, 2.24) is 0 Å². The van der Waals surface area contributed by atoms with Gasteiger partial charge in [-0.1, -0.05) is 18.2 Å². The molecule has 0 spiro atoms. The quantitative estimate of drug-likeness (QED) is 0.805.